The summed E-state index contributed by atoms with van der Waals surface area (Å²) in [5.74, 6) is -2.06. The first-order valence-corrected chi connectivity index (χ1v) is 11.4. The zero-order chi connectivity index (χ0) is 21.4. The van der Waals surface area contributed by atoms with Crippen LogP contribution in [0, 0.1) is 12.8 Å². The number of Topliss-reactive ketones (excluding diaryl/α,β-unsaturated/α-hetero) is 1. The molecular weight excluding hydrogens is 433 g/mol. The van der Waals surface area contributed by atoms with Gasteiger partial charge in [0.2, 0.25) is 11.5 Å². The van der Waals surface area contributed by atoms with E-state index in [0.717, 1.165) is 30.6 Å². The van der Waals surface area contributed by atoms with Crippen molar-refractivity contribution in [2.24, 2.45) is 5.92 Å². The largest absolute Gasteiger partial charge is 0.452 e. The molecule has 1 saturated heterocycles. The molecule has 2 atom stereocenters. The second kappa shape index (κ2) is 8.17. The molecule has 12 heteroatoms. The lowest BCUT2D eigenvalue weighted by Gasteiger charge is -2.28. The van der Waals surface area contributed by atoms with Crippen molar-refractivity contribution in [3.05, 3.63) is 28.3 Å². The highest BCUT2D eigenvalue weighted by Crippen LogP contribution is 2.38. The Labute approximate surface area is 169 Å². The Balaban J connectivity index is 1.89. The molecule has 0 radical (unpaired) electrons. The first-order valence-electron chi connectivity index (χ1n) is 8.74. The normalized spacial score (nSPS) is 19.3. The lowest BCUT2D eigenvalue weighted by molar-refractivity contribution is -0.156. The molecular formula is C17H19F3N2O5S2. The maximum atomic E-state index is 13.0. The third-order valence-electron chi connectivity index (χ3n) is 4.56. The van der Waals surface area contributed by atoms with Gasteiger partial charge in [0, 0.05) is 18.0 Å². The number of rotatable bonds is 6. The lowest BCUT2D eigenvalue weighted by Crippen LogP contribution is -2.42. The number of aromatic nitrogens is 1. The number of nitrogens with one attached hydrogen (secondary N) is 1. The van der Waals surface area contributed by atoms with Gasteiger partial charge in [0.1, 0.15) is 11.8 Å². The van der Waals surface area contributed by atoms with Gasteiger partial charge in [0.25, 0.3) is 10.1 Å². The molecule has 1 aliphatic rings. The monoisotopic (exact) mass is 452 g/mol. The summed E-state index contributed by atoms with van der Waals surface area (Å²) in [5.41, 5.74) is -0.194. The van der Waals surface area contributed by atoms with Gasteiger partial charge in [-0.25, -0.2) is 0 Å². The second-order valence-corrected chi connectivity index (χ2v) is 9.52. The van der Waals surface area contributed by atoms with Crippen LogP contribution in [0.25, 0.3) is 10.6 Å². The average Bonchev–Trinajstić information content (AvgIpc) is 3.25. The quantitative estimate of drug-likeness (QED) is 0.531. The highest BCUT2D eigenvalue weighted by Gasteiger charge is 2.39. The van der Waals surface area contributed by atoms with E-state index in [-0.39, 0.29) is 22.1 Å². The fourth-order valence-electron chi connectivity index (χ4n) is 3.23. The summed E-state index contributed by atoms with van der Waals surface area (Å²) in [6.07, 6.45) is -3.60. The van der Waals surface area contributed by atoms with Crippen LogP contribution in [0.4, 0.5) is 13.2 Å². The van der Waals surface area contributed by atoms with Crippen molar-refractivity contribution in [2.45, 2.75) is 32.0 Å². The van der Waals surface area contributed by atoms with Crippen molar-refractivity contribution in [2.75, 3.05) is 19.3 Å². The number of carbonyl (C=O) groups is 1. The van der Waals surface area contributed by atoms with E-state index in [1.807, 2.05) is 0 Å². The second-order valence-electron chi connectivity index (χ2n) is 6.84. The van der Waals surface area contributed by atoms with Crippen molar-refractivity contribution >= 4 is 27.2 Å². The highest BCUT2D eigenvalue weighted by molar-refractivity contribution is 7.86. The molecule has 0 amide bonds. The van der Waals surface area contributed by atoms with Gasteiger partial charge in [-0.2, -0.15) is 21.6 Å². The summed E-state index contributed by atoms with van der Waals surface area (Å²) in [5, 5.41) is 6.60. The number of carbonyl (C=O) groups excluding carboxylic acids is 1. The van der Waals surface area contributed by atoms with Gasteiger partial charge in [0.05, 0.1) is 16.0 Å². The highest BCUT2D eigenvalue weighted by atomic mass is 32.2. The van der Waals surface area contributed by atoms with E-state index in [9.17, 15) is 26.4 Å². The van der Waals surface area contributed by atoms with Gasteiger partial charge >= 0.3 is 6.18 Å². The third-order valence-corrected chi connectivity index (χ3v) is 6.23. The smallest absolute Gasteiger partial charge is 0.351 e. The fraction of sp³-hybridized carbons (Fsp3) is 0.529. The Kier molecular flexibility index (Phi) is 6.18. The van der Waals surface area contributed by atoms with Crippen LogP contribution in [0.5, 0.6) is 0 Å². The van der Waals surface area contributed by atoms with E-state index in [4.69, 9.17) is 4.18 Å². The zero-order valence-electron chi connectivity index (χ0n) is 15.6. The van der Waals surface area contributed by atoms with Crippen LogP contribution >= 0.6 is 11.3 Å². The van der Waals surface area contributed by atoms with Crippen LogP contribution in [0.1, 0.15) is 33.8 Å². The molecule has 2 aromatic rings. The summed E-state index contributed by atoms with van der Waals surface area (Å²) in [6, 6.07) is 2.89. The Morgan fingerprint density at radius 3 is 2.69 bits per heavy atom. The number of nitrogens with zero attached hydrogens (tertiary/aromatic N) is 1. The molecule has 1 fully saturated rings. The molecule has 7 nitrogen and oxygen atoms in total. The summed E-state index contributed by atoms with van der Waals surface area (Å²) >= 11 is 0.916. The number of piperidine rings is 1. The van der Waals surface area contributed by atoms with Crippen LogP contribution in [0.15, 0.2) is 16.7 Å². The zero-order valence-corrected chi connectivity index (χ0v) is 17.2. The topological polar surface area (TPSA) is 98.5 Å². The first-order chi connectivity index (χ1) is 13.5. The van der Waals surface area contributed by atoms with Gasteiger partial charge in [-0.05, 0) is 38.4 Å². The Bertz CT molecular complexity index is 991. The number of halogens is 3. The minimum absolute atomic E-state index is 0.0127. The predicted octanol–water partition coefficient (Wildman–Crippen LogP) is 3.26. The van der Waals surface area contributed by atoms with Crippen molar-refractivity contribution in [3.8, 4) is 10.6 Å². The lowest BCUT2D eigenvalue weighted by atomic mass is 9.91. The van der Waals surface area contributed by atoms with E-state index >= 15 is 0 Å². The van der Waals surface area contributed by atoms with E-state index in [2.05, 4.69) is 15.0 Å². The predicted molar refractivity (Wildman–Crippen MR) is 99.2 cm³/mol. The molecule has 2 aromatic heterocycles. The van der Waals surface area contributed by atoms with Gasteiger partial charge in [-0.3, -0.25) is 8.98 Å². The van der Waals surface area contributed by atoms with E-state index < -0.39 is 33.9 Å². The van der Waals surface area contributed by atoms with Crippen molar-refractivity contribution in [1.29, 1.82) is 0 Å². The summed E-state index contributed by atoms with van der Waals surface area (Å²) in [4.78, 5) is 13.5. The summed E-state index contributed by atoms with van der Waals surface area (Å²) in [6.45, 7) is 2.44. The van der Waals surface area contributed by atoms with Crippen LogP contribution in [-0.2, 0) is 20.5 Å². The number of alkyl halides is 3. The van der Waals surface area contributed by atoms with Crippen molar-refractivity contribution in [1.82, 2.24) is 10.5 Å². The van der Waals surface area contributed by atoms with Gasteiger partial charge < -0.3 is 9.84 Å². The Hall–Kier alpha value is -1.76. The van der Waals surface area contributed by atoms with Crippen molar-refractivity contribution < 1.29 is 35.1 Å². The molecule has 1 N–H and O–H groups in total. The van der Waals surface area contributed by atoms with E-state index in [1.54, 1.807) is 0 Å². The van der Waals surface area contributed by atoms with Crippen LogP contribution < -0.4 is 5.32 Å². The maximum Gasteiger partial charge on any atom is 0.452 e. The molecule has 2 unspecified atom stereocenters. The average molecular weight is 452 g/mol. The van der Waals surface area contributed by atoms with Crippen LogP contribution in [-0.4, -0.2) is 44.8 Å². The standard InChI is InChI=1S/C17H19F3N2O5S2/c1-9-13(22-26-16(9)17(18,19)20)11-5-6-12(28-11)14(23)15(27-29(2,24)25)10-4-3-7-21-8-10/h5-6,10,15,21H,3-4,7-8H2,1-2H3. The summed E-state index contributed by atoms with van der Waals surface area (Å²) in [7, 11) is -3.89. The van der Waals surface area contributed by atoms with E-state index in [0.29, 0.717) is 17.8 Å². The molecule has 0 spiro atoms. The maximum absolute atomic E-state index is 13.0. The van der Waals surface area contributed by atoms with Crippen LogP contribution in [0.2, 0.25) is 0 Å². The molecule has 0 bridgehead atoms. The van der Waals surface area contributed by atoms with Crippen LogP contribution in [0.3, 0.4) is 0 Å². The third kappa shape index (κ3) is 5.05. The fourth-order valence-corrected chi connectivity index (χ4v) is 4.86. The van der Waals surface area contributed by atoms with Gasteiger partial charge in [-0.15, -0.1) is 11.3 Å². The van der Waals surface area contributed by atoms with Gasteiger partial charge in [0.15, 0.2) is 0 Å². The molecule has 0 aromatic carbocycles. The summed E-state index contributed by atoms with van der Waals surface area (Å²) < 4.78 is 71.6. The molecule has 0 aliphatic carbocycles. The van der Waals surface area contributed by atoms with E-state index in [1.165, 1.54) is 19.1 Å². The Morgan fingerprint density at radius 2 is 2.14 bits per heavy atom. The molecule has 0 saturated carbocycles. The minimum atomic E-state index is -4.67. The number of hydrogen-bond acceptors (Lipinski definition) is 8. The molecule has 3 rings (SSSR count). The molecule has 1 aliphatic heterocycles. The van der Waals surface area contributed by atoms with Gasteiger partial charge in [-0.1, -0.05) is 5.16 Å². The first kappa shape index (κ1) is 21.9. The molecule has 160 valence electrons. The number of hydrogen-bond donors (Lipinski definition) is 1. The number of ketones is 1. The minimum Gasteiger partial charge on any atom is -0.351 e. The SMILES string of the molecule is Cc1c(-c2ccc(C(=O)C(OS(C)(=O)=O)C3CCCNC3)s2)noc1C(F)(F)F. The number of thiophene rings is 1. The van der Waals surface area contributed by atoms with Crippen molar-refractivity contribution in [3.63, 3.8) is 0 Å². The Morgan fingerprint density at radius 1 is 1.41 bits per heavy atom. The molecule has 3 heterocycles. The molecule has 29 heavy (non-hydrogen) atoms.